The van der Waals surface area contributed by atoms with Crippen molar-refractivity contribution in [3.8, 4) is 5.69 Å². The van der Waals surface area contributed by atoms with Crippen LogP contribution in [-0.2, 0) is 0 Å². The van der Waals surface area contributed by atoms with Gasteiger partial charge in [-0.25, -0.2) is 19.0 Å². The van der Waals surface area contributed by atoms with Gasteiger partial charge in [-0.2, -0.15) is 4.98 Å². The molecule has 0 spiro atoms. The predicted molar refractivity (Wildman–Crippen MR) is 53.9 cm³/mol. The lowest BCUT2D eigenvalue weighted by Gasteiger charge is -2.04. The topological polar surface area (TPSA) is 50.7 Å². The molecule has 0 aliphatic carbocycles. The molecule has 2 rings (SSSR count). The molecule has 1 aromatic carbocycles. The first-order valence-electron chi connectivity index (χ1n) is 4.19. The number of nitrogens with zero attached hydrogens (tertiary/aromatic N) is 2. The summed E-state index contributed by atoms with van der Waals surface area (Å²) in [6.07, 6.45) is 0. The van der Waals surface area contributed by atoms with Crippen LogP contribution in [0.4, 0.5) is 4.39 Å². The van der Waals surface area contributed by atoms with Gasteiger partial charge in [-0.15, -0.1) is 0 Å². The largest absolute Gasteiger partial charge is 0.361 e. The van der Waals surface area contributed by atoms with E-state index in [2.05, 4.69) is 10.1 Å². The smallest absolute Gasteiger partial charge is 0.244 e. The van der Waals surface area contributed by atoms with Crippen LogP contribution in [0.15, 0.2) is 23.0 Å². The Hall–Kier alpha value is -1.62. The number of aromatic nitrogens is 3. The second-order valence-electron chi connectivity index (χ2n) is 3.01. The molecule has 1 heterocycles. The average molecular weight is 228 g/mol. The van der Waals surface area contributed by atoms with E-state index >= 15 is 0 Å². The Morgan fingerprint density at radius 1 is 1.53 bits per heavy atom. The monoisotopic (exact) mass is 227 g/mol. The number of rotatable bonds is 1. The molecule has 0 bridgehead atoms. The maximum atomic E-state index is 13.1. The van der Waals surface area contributed by atoms with Gasteiger partial charge in [0.1, 0.15) is 11.6 Å². The predicted octanol–water partition coefficient (Wildman–Crippen LogP) is 1.66. The molecular formula is C9H7ClFN3O. The van der Waals surface area contributed by atoms with Gasteiger partial charge in [-0.05, 0) is 19.1 Å². The number of benzene rings is 1. The summed E-state index contributed by atoms with van der Waals surface area (Å²) in [7, 11) is 0. The summed E-state index contributed by atoms with van der Waals surface area (Å²) in [5.41, 5.74) is 0.00635. The maximum Gasteiger partial charge on any atom is 0.361 e. The van der Waals surface area contributed by atoms with Gasteiger partial charge in [0.2, 0.25) is 0 Å². The fourth-order valence-corrected chi connectivity index (χ4v) is 1.39. The molecule has 0 amide bonds. The summed E-state index contributed by atoms with van der Waals surface area (Å²) < 4.78 is 14.5. The van der Waals surface area contributed by atoms with E-state index in [4.69, 9.17) is 11.6 Å². The van der Waals surface area contributed by atoms with E-state index in [1.807, 2.05) is 0 Å². The Bertz CT molecular complexity index is 561. The molecule has 0 aliphatic rings. The van der Waals surface area contributed by atoms with Crippen molar-refractivity contribution < 1.29 is 4.39 Å². The Labute approximate surface area is 89.3 Å². The Morgan fingerprint density at radius 3 is 2.80 bits per heavy atom. The normalized spacial score (nSPS) is 10.6. The number of aryl methyl sites for hydroxylation is 1. The zero-order valence-corrected chi connectivity index (χ0v) is 8.55. The van der Waals surface area contributed by atoms with Crippen LogP contribution in [-0.4, -0.2) is 14.8 Å². The summed E-state index contributed by atoms with van der Waals surface area (Å²) >= 11 is 5.54. The summed E-state index contributed by atoms with van der Waals surface area (Å²) in [6.45, 7) is 1.64. The standard InChI is InChI=1S/C9H7ClFN3O/c1-5-12-9(15)13-14(5)6-2-3-7(10)8(11)4-6/h2-4H,1H3,(H,13,15). The third kappa shape index (κ3) is 1.78. The fourth-order valence-electron chi connectivity index (χ4n) is 1.27. The van der Waals surface area contributed by atoms with E-state index in [1.165, 1.54) is 16.8 Å². The molecule has 0 saturated carbocycles. The quantitative estimate of drug-likeness (QED) is 0.806. The summed E-state index contributed by atoms with van der Waals surface area (Å²) in [5, 5.41) is 2.49. The van der Waals surface area contributed by atoms with E-state index in [0.29, 0.717) is 11.5 Å². The highest BCUT2D eigenvalue weighted by molar-refractivity contribution is 6.30. The first kappa shape index (κ1) is 9.92. The number of aromatic amines is 1. The third-order valence-corrected chi connectivity index (χ3v) is 2.26. The van der Waals surface area contributed by atoms with Crippen molar-refractivity contribution in [2.45, 2.75) is 6.92 Å². The van der Waals surface area contributed by atoms with Crippen molar-refractivity contribution >= 4 is 11.6 Å². The van der Waals surface area contributed by atoms with Gasteiger partial charge in [0.25, 0.3) is 0 Å². The molecule has 1 aromatic heterocycles. The number of halogens is 2. The highest BCUT2D eigenvalue weighted by Gasteiger charge is 2.06. The van der Waals surface area contributed by atoms with Gasteiger partial charge < -0.3 is 0 Å². The highest BCUT2D eigenvalue weighted by atomic mass is 35.5. The Kier molecular flexibility index (Phi) is 2.32. The van der Waals surface area contributed by atoms with Crippen LogP contribution in [0.2, 0.25) is 5.02 Å². The lowest BCUT2D eigenvalue weighted by atomic mass is 10.3. The van der Waals surface area contributed by atoms with E-state index in [9.17, 15) is 9.18 Å². The van der Waals surface area contributed by atoms with Crippen molar-refractivity contribution in [1.82, 2.24) is 14.8 Å². The molecule has 2 aromatic rings. The minimum Gasteiger partial charge on any atom is -0.244 e. The summed E-state index contributed by atoms with van der Waals surface area (Å²) in [6, 6.07) is 4.24. The molecule has 0 radical (unpaired) electrons. The summed E-state index contributed by atoms with van der Waals surface area (Å²) in [5.74, 6) is -0.0789. The van der Waals surface area contributed by atoms with Crippen molar-refractivity contribution in [1.29, 1.82) is 0 Å². The number of H-pyrrole nitrogens is 1. The van der Waals surface area contributed by atoms with Gasteiger partial charge in [0.15, 0.2) is 0 Å². The van der Waals surface area contributed by atoms with Gasteiger partial charge in [-0.3, -0.25) is 0 Å². The second-order valence-corrected chi connectivity index (χ2v) is 3.42. The zero-order chi connectivity index (χ0) is 11.0. The third-order valence-electron chi connectivity index (χ3n) is 1.96. The molecule has 15 heavy (non-hydrogen) atoms. The van der Waals surface area contributed by atoms with Gasteiger partial charge in [0.05, 0.1) is 10.7 Å². The van der Waals surface area contributed by atoms with E-state index in [-0.39, 0.29) is 5.02 Å². The van der Waals surface area contributed by atoms with Crippen LogP contribution in [0.25, 0.3) is 5.69 Å². The number of nitrogens with one attached hydrogen (secondary N) is 1. The van der Waals surface area contributed by atoms with E-state index < -0.39 is 11.5 Å². The molecule has 0 aliphatic heterocycles. The number of hydrogen-bond acceptors (Lipinski definition) is 2. The second kappa shape index (κ2) is 3.51. The highest BCUT2D eigenvalue weighted by Crippen LogP contribution is 2.17. The first-order valence-corrected chi connectivity index (χ1v) is 4.57. The number of hydrogen-bond donors (Lipinski definition) is 1. The Balaban J connectivity index is 2.59. The van der Waals surface area contributed by atoms with Crippen molar-refractivity contribution in [2.24, 2.45) is 0 Å². The van der Waals surface area contributed by atoms with Gasteiger partial charge >= 0.3 is 5.69 Å². The minimum absolute atomic E-state index is 0.0406. The van der Waals surface area contributed by atoms with Crippen LogP contribution >= 0.6 is 11.6 Å². The van der Waals surface area contributed by atoms with Crippen LogP contribution in [0.3, 0.4) is 0 Å². The molecule has 1 N–H and O–H groups in total. The molecule has 4 nitrogen and oxygen atoms in total. The zero-order valence-electron chi connectivity index (χ0n) is 7.79. The van der Waals surface area contributed by atoms with Gasteiger partial charge in [-0.1, -0.05) is 11.6 Å². The first-order chi connectivity index (χ1) is 7.08. The molecule has 0 fully saturated rings. The van der Waals surface area contributed by atoms with Crippen molar-refractivity contribution in [2.75, 3.05) is 0 Å². The molecule has 6 heteroatoms. The average Bonchev–Trinajstić information content (AvgIpc) is 2.50. The van der Waals surface area contributed by atoms with Crippen LogP contribution < -0.4 is 5.69 Å². The van der Waals surface area contributed by atoms with Crippen LogP contribution in [0.5, 0.6) is 0 Å². The van der Waals surface area contributed by atoms with Crippen molar-refractivity contribution in [3.05, 3.63) is 45.3 Å². The summed E-state index contributed by atoms with van der Waals surface area (Å²) in [4.78, 5) is 14.6. The van der Waals surface area contributed by atoms with Crippen LogP contribution in [0, 0.1) is 12.7 Å². The molecule has 0 atom stereocenters. The molecule has 0 saturated heterocycles. The van der Waals surface area contributed by atoms with Crippen LogP contribution in [0.1, 0.15) is 5.82 Å². The van der Waals surface area contributed by atoms with E-state index in [0.717, 1.165) is 0 Å². The molecular weight excluding hydrogens is 221 g/mol. The maximum absolute atomic E-state index is 13.1. The van der Waals surface area contributed by atoms with Crippen molar-refractivity contribution in [3.63, 3.8) is 0 Å². The lowest BCUT2D eigenvalue weighted by Crippen LogP contribution is -2.05. The minimum atomic E-state index is -0.539. The SMILES string of the molecule is Cc1nc(=O)[nH]n1-c1ccc(Cl)c(F)c1. The van der Waals surface area contributed by atoms with E-state index in [1.54, 1.807) is 13.0 Å². The molecule has 0 unspecified atom stereocenters. The fraction of sp³-hybridized carbons (Fsp3) is 0.111. The molecule has 78 valence electrons. The van der Waals surface area contributed by atoms with Gasteiger partial charge in [0, 0.05) is 6.07 Å². The lowest BCUT2D eigenvalue weighted by molar-refractivity contribution is 0.625. The Morgan fingerprint density at radius 2 is 2.27 bits per heavy atom.